The minimum atomic E-state index is 0.723. The van der Waals surface area contributed by atoms with E-state index < -0.39 is 0 Å². The molecule has 0 aromatic carbocycles. The summed E-state index contributed by atoms with van der Waals surface area (Å²) in [6.45, 7) is 0. The molecule has 0 radical (unpaired) electrons. The SMILES string of the molecule is COC(OC)=C1CCC1. The zero-order valence-electron chi connectivity index (χ0n) is 5.94. The summed E-state index contributed by atoms with van der Waals surface area (Å²) in [6, 6.07) is 0. The number of rotatable bonds is 2. The summed E-state index contributed by atoms with van der Waals surface area (Å²) in [4.78, 5) is 0. The summed E-state index contributed by atoms with van der Waals surface area (Å²) in [5, 5.41) is 0. The first-order valence-corrected chi connectivity index (χ1v) is 3.18. The fraction of sp³-hybridized carbons (Fsp3) is 0.714. The van der Waals surface area contributed by atoms with Crippen molar-refractivity contribution in [1.29, 1.82) is 0 Å². The summed E-state index contributed by atoms with van der Waals surface area (Å²) in [6.07, 6.45) is 3.58. The van der Waals surface area contributed by atoms with Crippen LogP contribution in [0.2, 0.25) is 0 Å². The third kappa shape index (κ3) is 1.18. The fourth-order valence-electron chi connectivity index (χ4n) is 0.930. The Labute approximate surface area is 55.5 Å². The lowest BCUT2D eigenvalue weighted by Gasteiger charge is -2.18. The Morgan fingerprint density at radius 2 is 1.78 bits per heavy atom. The van der Waals surface area contributed by atoms with E-state index in [1.54, 1.807) is 14.2 Å². The second-order valence-electron chi connectivity index (χ2n) is 2.15. The van der Waals surface area contributed by atoms with Crippen LogP contribution in [0, 0.1) is 0 Å². The molecule has 0 atom stereocenters. The van der Waals surface area contributed by atoms with E-state index in [0.29, 0.717) is 0 Å². The molecule has 0 aliphatic heterocycles. The number of hydrogen-bond acceptors (Lipinski definition) is 2. The van der Waals surface area contributed by atoms with Gasteiger partial charge in [-0.05, 0) is 19.3 Å². The number of ether oxygens (including phenoxy) is 2. The lowest BCUT2D eigenvalue weighted by molar-refractivity contribution is 0.0856. The zero-order chi connectivity index (χ0) is 6.69. The van der Waals surface area contributed by atoms with E-state index in [1.165, 1.54) is 12.0 Å². The Balaban J connectivity index is 2.51. The first kappa shape index (κ1) is 6.46. The molecule has 1 fully saturated rings. The van der Waals surface area contributed by atoms with Crippen LogP contribution in [0.3, 0.4) is 0 Å². The van der Waals surface area contributed by atoms with Crippen LogP contribution in [0.1, 0.15) is 19.3 Å². The van der Waals surface area contributed by atoms with Crippen LogP contribution < -0.4 is 0 Å². The van der Waals surface area contributed by atoms with Gasteiger partial charge < -0.3 is 9.47 Å². The van der Waals surface area contributed by atoms with E-state index in [2.05, 4.69) is 0 Å². The van der Waals surface area contributed by atoms with Crippen molar-refractivity contribution in [3.63, 3.8) is 0 Å². The summed E-state index contributed by atoms with van der Waals surface area (Å²) >= 11 is 0. The molecule has 9 heavy (non-hydrogen) atoms. The maximum Gasteiger partial charge on any atom is 0.277 e. The third-order valence-electron chi connectivity index (χ3n) is 1.62. The highest BCUT2D eigenvalue weighted by molar-refractivity contribution is 5.10. The first-order valence-electron chi connectivity index (χ1n) is 3.18. The second kappa shape index (κ2) is 2.76. The Kier molecular flexibility index (Phi) is 1.98. The monoisotopic (exact) mass is 128 g/mol. The van der Waals surface area contributed by atoms with Crippen molar-refractivity contribution >= 4 is 0 Å². The maximum atomic E-state index is 4.96. The summed E-state index contributed by atoms with van der Waals surface area (Å²) < 4.78 is 9.92. The zero-order valence-corrected chi connectivity index (χ0v) is 5.94. The van der Waals surface area contributed by atoms with Crippen molar-refractivity contribution in [1.82, 2.24) is 0 Å². The molecule has 0 aromatic heterocycles. The molecule has 1 rings (SSSR count). The van der Waals surface area contributed by atoms with Gasteiger partial charge in [0.15, 0.2) is 0 Å². The molecule has 0 amide bonds. The molecule has 52 valence electrons. The topological polar surface area (TPSA) is 18.5 Å². The average Bonchev–Trinajstić information content (AvgIpc) is 1.78. The third-order valence-corrected chi connectivity index (χ3v) is 1.62. The van der Waals surface area contributed by atoms with Crippen molar-refractivity contribution < 1.29 is 9.47 Å². The van der Waals surface area contributed by atoms with E-state index in [0.717, 1.165) is 18.8 Å². The quantitative estimate of drug-likeness (QED) is 0.527. The number of hydrogen-bond donors (Lipinski definition) is 0. The molecule has 0 unspecified atom stereocenters. The van der Waals surface area contributed by atoms with Gasteiger partial charge in [-0.3, -0.25) is 0 Å². The van der Waals surface area contributed by atoms with Gasteiger partial charge in [-0.25, -0.2) is 0 Å². The minimum absolute atomic E-state index is 0.723. The van der Waals surface area contributed by atoms with Gasteiger partial charge in [0, 0.05) is 5.57 Å². The molecule has 1 saturated carbocycles. The standard InChI is InChI=1S/C7H12O2/c1-8-7(9-2)6-4-3-5-6/h3-5H2,1-2H3. The van der Waals surface area contributed by atoms with E-state index >= 15 is 0 Å². The van der Waals surface area contributed by atoms with Crippen LogP contribution in [0.25, 0.3) is 0 Å². The molecule has 1 aliphatic rings. The molecule has 1 aliphatic carbocycles. The summed E-state index contributed by atoms with van der Waals surface area (Å²) in [5.41, 5.74) is 1.32. The number of methoxy groups -OCH3 is 2. The van der Waals surface area contributed by atoms with Crippen LogP contribution >= 0.6 is 0 Å². The molecule has 0 spiro atoms. The maximum absolute atomic E-state index is 4.96. The average molecular weight is 128 g/mol. The van der Waals surface area contributed by atoms with Crippen LogP contribution in [-0.4, -0.2) is 14.2 Å². The summed E-state index contributed by atoms with van der Waals surface area (Å²) in [7, 11) is 3.29. The molecule has 0 heterocycles. The molecule has 0 N–H and O–H groups in total. The Morgan fingerprint density at radius 3 is 1.89 bits per heavy atom. The summed E-state index contributed by atoms with van der Waals surface area (Å²) in [5.74, 6) is 0.723. The Hall–Kier alpha value is -0.660. The predicted molar refractivity (Wildman–Crippen MR) is 34.9 cm³/mol. The van der Waals surface area contributed by atoms with Crippen molar-refractivity contribution in [3.8, 4) is 0 Å². The van der Waals surface area contributed by atoms with Crippen molar-refractivity contribution in [2.24, 2.45) is 0 Å². The first-order chi connectivity index (χ1) is 4.38. The van der Waals surface area contributed by atoms with Crippen molar-refractivity contribution in [3.05, 3.63) is 11.5 Å². The molecular formula is C7H12O2. The predicted octanol–water partition coefficient (Wildman–Crippen LogP) is 1.67. The van der Waals surface area contributed by atoms with Gasteiger partial charge in [-0.15, -0.1) is 0 Å². The Bertz CT molecular complexity index is 115. The van der Waals surface area contributed by atoms with Crippen molar-refractivity contribution in [2.75, 3.05) is 14.2 Å². The second-order valence-corrected chi connectivity index (χ2v) is 2.15. The van der Waals surface area contributed by atoms with Gasteiger partial charge in [0.05, 0.1) is 14.2 Å². The minimum Gasteiger partial charge on any atom is -0.469 e. The molecule has 0 bridgehead atoms. The molecule has 0 aromatic rings. The molecular weight excluding hydrogens is 116 g/mol. The lowest BCUT2D eigenvalue weighted by Crippen LogP contribution is -2.04. The Morgan fingerprint density at radius 1 is 1.22 bits per heavy atom. The highest BCUT2D eigenvalue weighted by Crippen LogP contribution is 2.28. The van der Waals surface area contributed by atoms with E-state index in [1.807, 2.05) is 0 Å². The van der Waals surface area contributed by atoms with Gasteiger partial charge in [0.2, 0.25) is 0 Å². The van der Waals surface area contributed by atoms with Gasteiger partial charge in [0.25, 0.3) is 5.95 Å². The van der Waals surface area contributed by atoms with E-state index in [4.69, 9.17) is 9.47 Å². The largest absolute Gasteiger partial charge is 0.469 e. The van der Waals surface area contributed by atoms with Crippen LogP contribution in [0.15, 0.2) is 11.5 Å². The van der Waals surface area contributed by atoms with E-state index in [-0.39, 0.29) is 0 Å². The number of allylic oxidation sites excluding steroid dienone is 1. The van der Waals surface area contributed by atoms with Crippen LogP contribution in [0.5, 0.6) is 0 Å². The lowest BCUT2D eigenvalue weighted by atomic mass is 9.93. The normalized spacial score (nSPS) is 16.4. The van der Waals surface area contributed by atoms with E-state index in [9.17, 15) is 0 Å². The smallest absolute Gasteiger partial charge is 0.277 e. The van der Waals surface area contributed by atoms with Gasteiger partial charge in [-0.2, -0.15) is 0 Å². The van der Waals surface area contributed by atoms with Crippen LogP contribution in [-0.2, 0) is 9.47 Å². The molecule has 2 nitrogen and oxygen atoms in total. The fourth-order valence-corrected chi connectivity index (χ4v) is 0.930. The van der Waals surface area contributed by atoms with Gasteiger partial charge in [-0.1, -0.05) is 0 Å². The highest BCUT2D eigenvalue weighted by Gasteiger charge is 2.15. The van der Waals surface area contributed by atoms with Crippen molar-refractivity contribution in [2.45, 2.75) is 19.3 Å². The van der Waals surface area contributed by atoms with Gasteiger partial charge in [0.1, 0.15) is 0 Å². The van der Waals surface area contributed by atoms with Gasteiger partial charge >= 0.3 is 0 Å². The highest BCUT2D eigenvalue weighted by atomic mass is 16.7. The van der Waals surface area contributed by atoms with Crippen LogP contribution in [0.4, 0.5) is 0 Å². The molecule has 0 saturated heterocycles. The molecule has 2 heteroatoms.